The van der Waals surface area contributed by atoms with Crippen LogP contribution in [-0.2, 0) is 0 Å². The maximum atomic E-state index is 7.37. The summed E-state index contributed by atoms with van der Waals surface area (Å²) in [7, 11) is 2.01. The molecule has 0 aromatic carbocycles. The van der Waals surface area contributed by atoms with Gasteiger partial charge in [-0.1, -0.05) is 19.4 Å². The van der Waals surface area contributed by atoms with E-state index in [2.05, 4.69) is 16.8 Å². The first-order chi connectivity index (χ1) is 6.24. The molecule has 2 heteroatoms. The van der Waals surface area contributed by atoms with Crippen molar-refractivity contribution in [2.45, 2.75) is 19.8 Å². The highest BCUT2D eigenvalue weighted by atomic mass is 15.2. The van der Waals surface area contributed by atoms with E-state index in [9.17, 15) is 0 Å². The Balaban J connectivity index is 2.60. The van der Waals surface area contributed by atoms with E-state index in [-0.39, 0.29) is 0 Å². The Morgan fingerprint density at radius 2 is 2.42 bits per heavy atom. The van der Waals surface area contributed by atoms with Gasteiger partial charge in [0.05, 0.1) is 1.37 Å². The third kappa shape index (κ3) is 2.53. The highest BCUT2D eigenvalue weighted by molar-refractivity contribution is 5.35. The summed E-state index contributed by atoms with van der Waals surface area (Å²) in [6.07, 6.45) is 2.69. The van der Waals surface area contributed by atoms with Gasteiger partial charge in [0.25, 0.3) is 0 Å². The minimum absolute atomic E-state index is 0.334. The SMILES string of the molecule is [2H]c1cccc(N(C)CCCC)n1. The summed E-state index contributed by atoms with van der Waals surface area (Å²) < 4.78 is 7.37. The van der Waals surface area contributed by atoms with Crippen LogP contribution in [0.5, 0.6) is 0 Å². The number of hydrogen-bond donors (Lipinski definition) is 0. The van der Waals surface area contributed by atoms with Gasteiger partial charge in [0.15, 0.2) is 0 Å². The van der Waals surface area contributed by atoms with Gasteiger partial charge in [0, 0.05) is 19.8 Å². The average Bonchev–Trinajstić information content (AvgIpc) is 2.14. The zero-order valence-electron chi connectivity index (χ0n) is 8.75. The molecule has 0 unspecified atom stereocenters. The molecule has 0 aliphatic carbocycles. The molecule has 12 heavy (non-hydrogen) atoms. The topological polar surface area (TPSA) is 16.1 Å². The Morgan fingerprint density at radius 1 is 1.58 bits per heavy atom. The quantitative estimate of drug-likeness (QED) is 0.680. The van der Waals surface area contributed by atoms with Crippen LogP contribution in [0.15, 0.2) is 24.4 Å². The first kappa shape index (κ1) is 7.59. The minimum Gasteiger partial charge on any atom is -0.360 e. The van der Waals surface area contributed by atoms with Gasteiger partial charge in [-0.05, 0) is 18.6 Å². The maximum absolute atomic E-state index is 7.37. The van der Waals surface area contributed by atoms with Crippen molar-refractivity contribution in [2.24, 2.45) is 0 Å². The van der Waals surface area contributed by atoms with Gasteiger partial charge >= 0.3 is 0 Å². The second-order valence-electron chi connectivity index (χ2n) is 2.90. The summed E-state index contributed by atoms with van der Waals surface area (Å²) in [5.41, 5.74) is 0. The first-order valence-electron chi connectivity index (χ1n) is 4.89. The van der Waals surface area contributed by atoms with Crippen LogP contribution in [0.4, 0.5) is 5.82 Å². The van der Waals surface area contributed by atoms with E-state index in [1.54, 1.807) is 6.07 Å². The molecule has 0 amide bonds. The number of unbranched alkanes of at least 4 members (excludes halogenated alkanes) is 1. The van der Waals surface area contributed by atoms with Crippen molar-refractivity contribution >= 4 is 5.82 Å². The van der Waals surface area contributed by atoms with Crippen molar-refractivity contribution in [3.05, 3.63) is 24.4 Å². The van der Waals surface area contributed by atoms with Crippen LogP contribution >= 0.6 is 0 Å². The molecule has 66 valence electrons. The van der Waals surface area contributed by atoms with Crippen LogP contribution < -0.4 is 4.90 Å². The molecule has 0 fully saturated rings. The van der Waals surface area contributed by atoms with E-state index in [1.807, 2.05) is 19.2 Å². The lowest BCUT2D eigenvalue weighted by Crippen LogP contribution is -2.19. The fourth-order valence-electron chi connectivity index (χ4n) is 1.04. The number of pyridine rings is 1. The molecule has 0 N–H and O–H groups in total. The zero-order chi connectivity index (χ0) is 9.68. The Morgan fingerprint density at radius 3 is 3.08 bits per heavy atom. The van der Waals surface area contributed by atoms with Crippen molar-refractivity contribution in [1.29, 1.82) is 0 Å². The number of hydrogen-bond acceptors (Lipinski definition) is 2. The van der Waals surface area contributed by atoms with E-state index in [0.29, 0.717) is 6.17 Å². The Kier molecular flexibility index (Phi) is 3.01. The fraction of sp³-hybridized carbons (Fsp3) is 0.500. The lowest BCUT2D eigenvalue weighted by atomic mass is 10.3. The van der Waals surface area contributed by atoms with Crippen molar-refractivity contribution in [2.75, 3.05) is 18.5 Å². The monoisotopic (exact) mass is 165 g/mol. The van der Waals surface area contributed by atoms with Crippen LogP contribution in [0.2, 0.25) is 0 Å². The molecule has 1 aromatic heterocycles. The smallest absolute Gasteiger partial charge is 0.128 e. The van der Waals surface area contributed by atoms with Crippen LogP contribution in [0, 0.1) is 0 Å². The fourth-order valence-corrected chi connectivity index (χ4v) is 1.04. The molecule has 0 aliphatic rings. The summed E-state index contributed by atoms with van der Waals surface area (Å²) >= 11 is 0. The third-order valence-electron chi connectivity index (χ3n) is 1.83. The number of aromatic nitrogens is 1. The second kappa shape index (κ2) is 4.75. The van der Waals surface area contributed by atoms with Gasteiger partial charge in [-0.3, -0.25) is 0 Å². The molecule has 0 saturated carbocycles. The van der Waals surface area contributed by atoms with Gasteiger partial charge in [-0.2, -0.15) is 0 Å². The average molecular weight is 165 g/mol. The van der Waals surface area contributed by atoms with E-state index in [1.165, 1.54) is 12.8 Å². The van der Waals surface area contributed by atoms with Crippen molar-refractivity contribution in [3.63, 3.8) is 0 Å². The van der Waals surface area contributed by atoms with Gasteiger partial charge < -0.3 is 4.90 Å². The van der Waals surface area contributed by atoms with E-state index in [4.69, 9.17) is 1.37 Å². The van der Waals surface area contributed by atoms with Crippen LogP contribution in [0.25, 0.3) is 0 Å². The molecule has 0 radical (unpaired) electrons. The molecule has 0 atom stereocenters. The predicted molar refractivity (Wildman–Crippen MR) is 52.4 cm³/mol. The zero-order valence-corrected chi connectivity index (χ0v) is 7.75. The van der Waals surface area contributed by atoms with Crippen molar-refractivity contribution in [3.8, 4) is 0 Å². The van der Waals surface area contributed by atoms with Gasteiger partial charge in [0.2, 0.25) is 0 Å². The van der Waals surface area contributed by atoms with Gasteiger partial charge in [-0.25, -0.2) is 4.98 Å². The molecule has 0 aliphatic heterocycles. The van der Waals surface area contributed by atoms with E-state index >= 15 is 0 Å². The predicted octanol–water partition coefficient (Wildman–Crippen LogP) is 2.32. The molecule has 1 rings (SSSR count). The van der Waals surface area contributed by atoms with E-state index in [0.717, 1.165) is 12.4 Å². The second-order valence-corrected chi connectivity index (χ2v) is 2.90. The van der Waals surface area contributed by atoms with Crippen molar-refractivity contribution in [1.82, 2.24) is 4.98 Å². The molecular weight excluding hydrogens is 148 g/mol. The largest absolute Gasteiger partial charge is 0.360 e. The molecule has 1 aromatic rings. The first-order valence-corrected chi connectivity index (χ1v) is 4.39. The molecular formula is C10H16N2. The summed E-state index contributed by atoms with van der Waals surface area (Å²) in [6, 6.07) is 5.50. The normalized spacial score (nSPS) is 11.0. The van der Waals surface area contributed by atoms with Crippen LogP contribution in [0.3, 0.4) is 0 Å². The summed E-state index contributed by atoms with van der Waals surface area (Å²) in [4.78, 5) is 6.20. The molecule has 2 nitrogen and oxygen atoms in total. The summed E-state index contributed by atoms with van der Waals surface area (Å²) in [5.74, 6) is 0.890. The summed E-state index contributed by atoms with van der Waals surface area (Å²) in [5, 5.41) is 0. The standard InChI is InChI=1S/C10H16N2/c1-3-4-9-12(2)10-7-5-6-8-11-10/h5-8H,3-4,9H2,1-2H3/i8D. The Hall–Kier alpha value is -1.05. The van der Waals surface area contributed by atoms with Gasteiger partial charge in [0.1, 0.15) is 5.82 Å². The van der Waals surface area contributed by atoms with Crippen molar-refractivity contribution < 1.29 is 1.37 Å². The lowest BCUT2D eigenvalue weighted by molar-refractivity contribution is 0.759. The minimum atomic E-state index is 0.334. The Labute approximate surface area is 75.6 Å². The molecule has 0 bridgehead atoms. The van der Waals surface area contributed by atoms with Crippen LogP contribution in [-0.4, -0.2) is 18.6 Å². The Bertz CT molecular complexity index is 263. The third-order valence-corrected chi connectivity index (χ3v) is 1.83. The molecule has 1 heterocycles. The van der Waals surface area contributed by atoms with Crippen LogP contribution in [0.1, 0.15) is 21.1 Å². The summed E-state index contributed by atoms with van der Waals surface area (Å²) in [6.45, 7) is 3.18. The maximum Gasteiger partial charge on any atom is 0.128 e. The highest BCUT2D eigenvalue weighted by Gasteiger charge is 1.98. The molecule has 0 spiro atoms. The number of rotatable bonds is 4. The highest BCUT2D eigenvalue weighted by Crippen LogP contribution is 2.06. The van der Waals surface area contributed by atoms with Gasteiger partial charge in [-0.15, -0.1) is 0 Å². The number of nitrogens with zero attached hydrogens (tertiary/aromatic N) is 2. The number of anilines is 1. The lowest BCUT2D eigenvalue weighted by Gasteiger charge is -2.16. The van der Waals surface area contributed by atoms with E-state index < -0.39 is 0 Å². The molecule has 0 saturated heterocycles.